The van der Waals surface area contributed by atoms with Gasteiger partial charge in [-0.3, -0.25) is 10.6 Å². The molecule has 3 aliphatic rings. The Hall–Kier alpha value is -0.120. The molecule has 3 N–H and O–H groups in total. The van der Waals surface area contributed by atoms with Crippen molar-refractivity contribution in [1.82, 2.24) is 16.0 Å². The van der Waals surface area contributed by atoms with Gasteiger partial charge in [-0.15, -0.1) is 0 Å². The zero-order valence-corrected chi connectivity index (χ0v) is 8.22. The fourth-order valence-electron chi connectivity index (χ4n) is 3.39. The summed E-state index contributed by atoms with van der Waals surface area (Å²) in [5.74, 6) is 1.77. The molecule has 3 heteroatoms. The van der Waals surface area contributed by atoms with Crippen LogP contribution in [0.4, 0.5) is 0 Å². The van der Waals surface area contributed by atoms with Gasteiger partial charge in [0.05, 0.1) is 12.3 Å². The Labute approximate surface area is 79.7 Å². The van der Waals surface area contributed by atoms with E-state index in [4.69, 9.17) is 0 Å². The van der Waals surface area contributed by atoms with E-state index in [9.17, 15) is 0 Å². The first-order valence-electron chi connectivity index (χ1n) is 5.60. The van der Waals surface area contributed by atoms with E-state index in [2.05, 4.69) is 22.9 Å². The van der Waals surface area contributed by atoms with Crippen LogP contribution < -0.4 is 16.0 Å². The summed E-state index contributed by atoms with van der Waals surface area (Å²) in [5.41, 5.74) is 0. The van der Waals surface area contributed by atoms with Crippen LogP contribution in [0.5, 0.6) is 0 Å². The Kier molecular flexibility index (Phi) is 1.86. The van der Waals surface area contributed by atoms with E-state index in [1.807, 2.05) is 0 Å². The predicted octanol–water partition coefficient (Wildman–Crippen LogP) is 0.239. The van der Waals surface area contributed by atoms with Gasteiger partial charge in [-0.2, -0.15) is 0 Å². The Morgan fingerprint density at radius 3 is 2.92 bits per heavy atom. The highest BCUT2D eigenvalue weighted by molar-refractivity contribution is 5.02. The number of fused-ring (bicyclic) bond motifs is 3. The molecule has 3 rings (SSSR count). The average molecular weight is 181 g/mol. The maximum atomic E-state index is 3.66. The Morgan fingerprint density at radius 1 is 1.08 bits per heavy atom. The van der Waals surface area contributed by atoms with Gasteiger partial charge in [0.2, 0.25) is 0 Å². The molecule has 5 unspecified atom stereocenters. The first-order chi connectivity index (χ1) is 6.34. The van der Waals surface area contributed by atoms with Crippen molar-refractivity contribution in [3.05, 3.63) is 0 Å². The fraction of sp³-hybridized carbons (Fsp3) is 1.00. The molecule has 0 amide bonds. The zero-order valence-electron chi connectivity index (χ0n) is 8.22. The van der Waals surface area contributed by atoms with Crippen molar-refractivity contribution in [3.63, 3.8) is 0 Å². The summed E-state index contributed by atoms with van der Waals surface area (Å²) in [6.07, 6.45) is 5.33. The largest absolute Gasteiger partial charge is 0.302 e. The van der Waals surface area contributed by atoms with Crippen LogP contribution >= 0.6 is 0 Å². The maximum absolute atomic E-state index is 3.66. The summed E-state index contributed by atoms with van der Waals surface area (Å²) in [7, 11) is 0. The molecule has 3 nitrogen and oxygen atoms in total. The number of hydrogen-bond acceptors (Lipinski definition) is 3. The quantitative estimate of drug-likeness (QED) is 0.501. The molecule has 74 valence electrons. The molecule has 3 aliphatic heterocycles. The maximum Gasteiger partial charge on any atom is 0.0619 e. The van der Waals surface area contributed by atoms with Gasteiger partial charge in [0.1, 0.15) is 0 Å². The van der Waals surface area contributed by atoms with Gasteiger partial charge >= 0.3 is 0 Å². The third-order valence-electron chi connectivity index (χ3n) is 3.93. The fourth-order valence-corrected chi connectivity index (χ4v) is 3.39. The highest BCUT2D eigenvalue weighted by Crippen LogP contribution is 2.37. The van der Waals surface area contributed by atoms with Crippen molar-refractivity contribution in [2.45, 2.75) is 44.6 Å². The highest BCUT2D eigenvalue weighted by atomic mass is 15.3. The summed E-state index contributed by atoms with van der Waals surface area (Å²) in [6, 6.07) is 0.713. The predicted molar refractivity (Wildman–Crippen MR) is 52.1 cm³/mol. The van der Waals surface area contributed by atoms with Crippen LogP contribution in [-0.2, 0) is 0 Å². The van der Waals surface area contributed by atoms with Gasteiger partial charge in [0.25, 0.3) is 0 Å². The summed E-state index contributed by atoms with van der Waals surface area (Å²) in [5, 5.41) is 10.9. The van der Waals surface area contributed by atoms with Crippen molar-refractivity contribution in [3.8, 4) is 0 Å². The normalized spacial score (nSPS) is 54.7. The van der Waals surface area contributed by atoms with Gasteiger partial charge in [0, 0.05) is 6.04 Å². The second-order valence-electron chi connectivity index (χ2n) is 4.85. The summed E-state index contributed by atoms with van der Waals surface area (Å²) >= 11 is 0. The summed E-state index contributed by atoms with van der Waals surface area (Å²) < 4.78 is 0. The van der Waals surface area contributed by atoms with E-state index in [1.54, 1.807) is 0 Å². The molecular formula is C10H19N3. The monoisotopic (exact) mass is 181 g/mol. The molecule has 0 saturated carbocycles. The van der Waals surface area contributed by atoms with Crippen LogP contribution in [0, 0.1) is 11.8 Å². The molecule has 13 heavy (non-hydrogen) atoms. The molecule has 0 aliphatic carbocycles. The van der Waals surface area contributed by atoms with Crippen LogP contribution in [-0.4, -0.2) is 24.9 Å². The highest BCUT2D eigenvalue weighted by Gasteiger charge is 2.47. The van der Waals surface area contributed by atoms with Crippen molar-refractivity contribution >= 4 is 0 Å². The van der Waals surface area contributed by atoms with Crippen LogP contribution in [0.15, 0.2) is 0 Å². The first-order valence-corrected chi connectivity index (χ1v) is 5.60. The third-order valence-corrected chi connectivity index (χ3v) is 3.93. The first kappa shape index (κ1) is 8.21. The molecule has 5 atom stereocenters. The van der Waals surface area contributed by atoms with E-state index < -0.39 is 0 Å². The Bertz CT molecular complexity index is 206. The van der Waals surface area contributed by atoms with E-state index in [0.29, 0.717) is 18.4 Å². The van der Waals surface area contributed by atoms with E-state index in [0.717, 1.165) is 11.8 Å². The number of hydrogen-bond donors (Lipinski definition) is 3. The number of nitrogens with one attached hydrogen (secondary N) is 3. The summed E-state index contributed by atoms with van der Waals surface area (Å²) in [4.78, 5) is 0. The van der Waals surface area contributed by atoms with Crippen molar-refractivity contribution < 1.29 is 0 Å². The second kappa shape index (κ2) is 2.94. The topological polar surface area (TPSA) is 36.1 Å². The minimum Gasteiger partial charge on any atom is -0.302 e. The zero-order chi connectivity index (χ0) is 8.84. The van der Waals surface area contributed by atoms with Crippen LogP contribution in [0.25, 0.3) is 0 Å². The van der Waals surface area contributed by atoms with Crippen LogP contribution in [0.2, 0.25) is 0 Å². The molecular weight excluding hydrogens is 162 g/mol. The average Bonchev–Trinajstić information content (AvgIpc) is 2.60. The second-order valence-corrected chi connectivity index (χ2v) is 4.85. The molecule has 3 heterocycles. The SMILES string of the molecule is CC1CC2C(N1)NC1NCCCC12. The van der Waals surface area contributed by atoms with Gasteiger partial charge in [-0.1, -0.05) is 0 Å². The van der Waals surface area contributed by atoms with Crippen molar-refractivity contribution in [2.24, 2.45) is 11.8 Å². The molecule has 0 bridgehead atoms. The molecule has 0 aromatic rings. The third kappa shape index (κ3) is 1.22. The van der Waals surface area contributed by atoms with Crippen LogP contribution in [0.1, 0.15) is 26.2 Å². The number of piperidine rings is 1. The smallest absolute Gasteiger partial charge is 0.0619 e. The lowest BCUT2D eigenvalue weighted by molar-refractivity contribution is 0.249. The Morgan fingerprint density at radius 2 is 2.00 bits per heavy atom. The number of rotatable bonds is 0. The molecule has 3 fully saturated rings. The Balaban J connectivity index is 1.76. The van der Waals surface area contributed by atoms with Crippen LogP contribution in [0.3, 0.4) is 0 Å². The summed E-state index contributed by atoms with van der Waals surface area (Å²) in [6.45, 7) is 3.49. The molecule has 0 aromatic heterocycles. The minimum absolute atomic E-state index is 0.593. The van der Waals surface area contributed by atoms with E-state index in [-0.39, 0.29) is 0 Å². The van der Waals surface area contributed by atoms with Gasteiger partial charge < -0.3 is 5.32 Å². The van der Waals surface area contributed by atoms with Gasteiger partial charge in [-0.25, -0.2) is 0 Å². The molecule has 3 saturated heterocycles. The lowest BCUT2D eigenvalue weighted by Gasteiger charge is -2.29. The minimum atomic E-state index is 0.593. The standard InChI is InChI=1S/C10H19N3/c1-6-5-8-7-3-2-4-11-9(7)13-10(8)12-6/h6-13H,2-5H2,1H3. The molecule has 0 spiro atoms. The van der Waals surface area contributed by atoms with Gasteiger partial charge in [-0.05, 0) is 44.6 Å². The lowest BCUT2D eigenvalue weighted by Crippen LogP contribution is -2.50. The van der Waals surface area contributed by atoms with Gasteiger partial charge in [0.15, 0.2) is 0 Å². The van der Waals surface area contributed by atoms with E-state index >= 15 is 0 Å². The lowest BCUT2D eigenvalue weighted by atomic mass is 9.85. The van der Waals surface area contributed by atoms with Crippen molar-refractivity contribution in [2.75, 3.05) is 6.54 Å². The molecule has 0 radical (unpaired) electrons. The van der Waals surface area contributed by atoms with E-state index in [1.165, 1.54) is 25.8 Å². The molecule has 0 aromatic carbocycles. The van der Waals surface area contributed by atoms with Crippen molar-refractivity contribution in [1.29, 1.82) is 0 Å².